The van der Waals surface area contributed by atoms with Crippen molar-refractivity contribution in [3.05, 3.63) is 64.2 Å². The molecule has 0 saturated carbocycles. The lowest BCUT2D eigenvalue weighted by molar-refractivity contribution is -0.384. The maximum atomic E-state index is 10.0. The van der Waals surface area contributed by atoms with Crippen LogP contribution in [0.4, 0.5) is 17.1 Å². The molecule has 0 unspecified atom stereocenters. The van der Waals surface area contributed by atoms with Crippen LogP contribution in [-0.2, 0) is 0 Å². The lowest BCUT2D eigenvalue weighted by atomic mass is 10.2. The zero-order valence-corrected chi connectivity index (χ0v) is 10.0. The summed E-state index contributed by atoms with van der Waals surface area (Å²) in [7, 11) is 0. The number of nitrogen functional groups attached to an aromatic ring is 2. The van der Waals surface area contributed by atoms with Crippen LogP contribution in [0.3, 0.4) is 0 Å². The number of anilines is 2. The van der Waals surface area contributed by atoms with Crippen molar-refractivity contribution in [1.82, 2.24) is 0 Å². The molecule has 0 saturated heterocycles. The Balaban J connectivity index is 0.000000180. The summed E-state index contributed by atoms with van der Waals surface area (Å²) < 4.78 is 0. The molecule has 0 aromatic heterocycles. The van der Waals surface area contributed by atoms with Gasteiger partial charge in [-0.25, -0.2) is 0 Å². The second-order valence-electron chi connectivity index (χ2n) is 3.71. The maximum Gasteiger partial charge on any atom is 0.269 e. The van der Waals surface area contributed by atoms with Gasteiger partial charge in [0.2, 0.25) is 0 Å². The third-order valence-electron chi connectivity index (χ3n) is 2.26. The topological polar surface area (TPSA) is 95.2 Å². The molecule has 0 bridgehead atoms. The highest BCUT2D eigenvalue weighted by Gasteiger charge is 1.98. The van der Waals surface area contributed by atoms with Gasteiger partial charge in [-0.05, 0) is 30.7 Å². The number of nitro groups is 1. The van der Waals surface area contributed by atoms with E-state index in [1.807, 2.05) is 19.1 Å². The summed E-state index contributed by atoms with van der Waals surface area (Å²) in [5.74, 6) is 0. The van der Waals surface area contributed by atoms with Crippen LogP contribution in [0, 0.1) is 17.0 Å². The molecule has 0 atom stereocenters. The minimum Gasteiger partial charge on any atom is -0.399 e. The van der Waals surface area contributed by atoms with Crippen molar-refractivity contribution < 1.29 is 4.92 Å². The Kier molecular flexibility index (Phi) is 4.68. The molecule has 0 aliphatic heterocycles. The first-order chi connectivity index (χ1) is 8.50. The minimum atomic E-state index is -0.417. The van der Waals surface area contributed by atoms with Crippen LogP contribution in [0.15, 0.2) is 48.5 Å². The third-order valence-corrected chi connectivity index (χ3v) is 2.26. The van der Waals surface area contributed by atoms with Crippen molar-refractivity contribution in [1.29, 1.82) is 0 Å². The molecular weight excluding hydrogens is 230 g/mol. The summed E-state index contributed by atoms with van der Waals surface area (Å²) >= 11 is 0. The SMILES string of the molecule is Cc1cc(N)ccc1N.O=[N+]([O-])c1ccccc1. The lowest BCUT2D eigenvalue weighted by Crippen LogP contribution is -1.91. The third kappa shape index (κ3) is 4.13. The monoisotopic (exact) mass is 245 g/mol. The van der Waals surface area contributed by atoms with Crippen LogP contribution in [-0.4, -0.2) is 4.92 Å². The van der Waals surface area contributed by atoms with E-state index in [9.17, 15) is 10.1 Å². The van der Waals surface area contributed by atoms with Crippen molar-refractivity contribution in [2.45, 2.75) is 6.92 Å². The fraction of sp³-hybridized carbons (Fsp3) is 0.0769. The summed E-state index contributed by atoms with van der Waals surface area (Å²) in [5, 5.41) is 10.0. The Labute approximate surface area is 105 Å². The molecule has 4 N–H and O–H groups in total. The Hall–Kier alpha value is -2.56. The molecule has 94 valence electrons. The van der Waals surface area contributed by atoms with Crippen LogP contribution in [0.25, 0.3) is 0 Å². The van der Waals surface area contributed by atoms with Crippen LogP contribution < -0.4 is 11.5 Å². The van der Waals surface area contributed by atoms with Crippen LogP contribution >= 0.6 is 0 Å². The molecule has 5 heteroatoms. The van der Waals surface area contributed by atoms with Gasteiger partial charge in [0.25, 0.3) is 5.69 Å². The predicted molar refractivity (Wildman–Crippen MR) is 73.1 cm³/mol. The van der Waals surface area contributed by atoms with Gasteiger partial charge < -0.3 is 11.5 Å². The number of nitrogens with zero attached hydrogens (tertiary/aromatic N) is 1. The highest BCUT2D eigenvalue weighted by molar-refractivity contribution is 5.54. The van der Waals surface area contributed by atoms with E-state index in [0.717, 1.165) is 16.9 Å². The molecule has 18 heavy (non-hydrogen) atoms. The van der Waals surface area contributed by atoms with Gasteiger partial charge in [-0.15, -0.1) is 0 Å². The number of para-hydroxylation sites is 1. The van der Waals surface area contributed by atoms with Gasteiger partial charge in [-0.3, -0.25) is 10.1 Å². The first-order valence-electron chi connectivity index (χ1n) is 5.31. The van der Waals surface area contributed by atoms with Crippen LogP contribution in [0.1, 0.15) is 5.56 Å². The van der Waals surface area contributed by atoms with Crippen molar-refractivity contribution in [2.75, 3.05) is 11.5 Å². The number of hydrogen-bond acceptors (Lipinski definition) is 4. The number of nitro benzene ring substituents is 1. The molecule has 0 fully saturated rings. The fourth-order valence-corrected chi connectivity index (χ4v) is 1.25. The average molecular weight is 245 g/mol. The summed E-state index contributed by atoms with van der Waals surface area (Å²) in [6, 6.07) is 13.4. The largest absolute Gasteiger partial charge is 0.399 e. The van der Waals surface area contributed by atoms with Gasteiger partial charge in [-0.2, -0.15) is 0 Å². The highest BCUT2D eigenvalue weighted by atomic mass is 16.6. The van der Waals surface area contributed by atoms with Gasteiger partial charge in [0.15, 0.2) is 0 Å². The normalized spacial score (nSPS) is 9.17. The van der Waals surface area contributed by atoms with Gasteiger partial charge in [-0.1, -0.05) is 18.2 Å². The zero-order chi connectivity index (χ0) is 13.5. The van der Waals surface area contributed by atoms with Crippen molar-refractivity contribution in [3.63, 3.8) is 0 Å². The minimum absolute atomic E-state index is 0.137. The number of rotatable bonds is 1. The van der Waals surface area contributed by atoms with Gasteiger partial charge in [0.1, 0.15) is 0 Å². The van der Waals surface area contributed by atoms with E-state index in [4.69, 9.17) is 11.5 Å². The Morgan fingerprint density at radius 1 is 1.06 bits per heavy atom. The molecule has 0 radical (unpaired) electrons. The highest BCUT2D eigenvalue weighted by Crippen LogP contribution is 2.12. The Bertz CT molecular complexity index is 527. The summed E-state index contributed by atoms with van der Waals surface area (Å²) in [6.07, 6.45) is 0. The molecule has 2 aromatic rings. The lowest BCUT2D eigenvalue weighted by Gasteiger charge is -1.98. The molecule has 0 spiro atoms. The summed E-state index contributed by atoms with van der Waals surface area (Å²) in [6.45, 7) is 1.94. The van der Waals surface area contributed by atoms with E-state index in [1.165, 1.54) is 12.1 Å². The average Bonchev–Trinajstić information content (AvgIpc) is 2.36. The smallest absolute Gasteiger partial charge is 0.269 e. The van der Waals surface area contributed by atoms with E-state index >= 15 is 0 Å². The summed E-state index contributed by atoms with van der Waals surface area (Å²) in [5.41, 5.74) is 13.7. The second kappa shape index (κ2) is 6.24. The fourth-order valence-electron chi connectivity index (χ4n) is 1.25. The first kappa shape index (κ1) is 13.5. The first-order valence-corrected chi connectivity index (χ1v) is 5.31. The number of benzene rings is 2. The predicted octanol–water partition coefficient (Wildman–Crippen LogP) is 2.75. The quantitative estimate of drug-likeness (QED) is 0.458. The van der Waals surface area contributed by atoms with E-state index in [-0.39, 0.29) is 5.69 Å². The van der Waals surface area contributed by atoms with Crippen molar-refractivity contribution in [3.8, 4) is 0 Å². The number of aryl methyl sites for hydroxylation is 1. The van der Waals surface area contributed by atoms with E-state index in [0.29, 0.717) is 0 Å². The Morgan fingerprint density at radius 2 is 1.67 bits per heavy atom. The number of non-ortho nitro benzene ring substituents is 1. The van der Waals surface area contributed by atoms with Crippen LogP contribution in [0.2, 0.25) is 0 Å². The maximum absolute atomic E-state index is 10.0. The van der Waals surface area contributed by atoms with E-state index in [2.05, 4.69) is 0 Å². The number of nitrogens with two attached hydrogens (primary N) is 2. The molecule has 0 heterocycles. The molecule has 5 nitrogen and oxygen atoms in total. The van der Waals surface area contributed by atoms with Crippen molar-refractivity contribution >= 4 is 17.1 Å². The number of hydrogen-bond donors (Lipinski definition) is 2. The van der Waals surface area contributed by atoms with Gasteiger partial charge in [0, 0.05) is 23.5 Å². The molecule has 0 aliphatic carbocycles. The molecule has 2 rings (SSSR count). The zero-order valence-electron chi connectivity index (χ0n) is 10.0. The van der Waals surface area contributed by atoms with E-state index < -0.39 is 4.92 Å². The van der Waals surface area contributed by atoms with Gasteiger partial charge in [0.05, 0.1) is 4.92 Å². The molecule has 2 aromatic carbocycles. The Morgan fingerprint density at radius 3 is 2.06 bits per heavy atom. The van der Waals surface area contributed by atoms with E-state index in [1.54, 1.807) is 24.3 Å². The van der Waals surface area contributed by atoms with Crippen LogP contribution in [0.5, 0.6) is 0 Å². The molecule has 0 amide bonds. The standard InChI is InChI=1S/C7H10N2.C6H5NO2/c1-5-4-6(8)2-3-7(5)9;8-7(9)6-4-2-1-3-5-6/h2-4H,8-9H2,1H3;1-5H. The van der Waals surface area contributed by atoms with Gasteiger partial charge >= 0.3 is 0 Å². The van der Waals surface area contributed by atoms with Crippen molar-refractivity contribution in [2.24, 2.45) is 0 Å². The second-order valence-corrected chi connectivity index (χ2v) is 3.71. The molecular formula is C13H15N3O2. The summed E-state index contributed by atoms with van der Waals surface area (Å²) in [4.78, 5) is 9.59. The molecule has 0 aliphatic rings.